The first-order chi connectivity index (χ1) is 16.9. The summed E-state index contributed by atoms with van der Waals surface area (Å²) in [5, 5.41) is 52.5. The maximum absolute atomic E-state index is 12.6. The molecule has 2 saturated heterocycles. The predicted octanol–water partition coefficient (Wildman–Crippen LogP) is 1.99. The van der Waals surface area contributed by atoms with Gasteiger partial charge in [-0.15, -0.1) is 0 Å². The first kappa shape index (κ1) is 26.9. The molecule has 2 heterocycles. The summed E-state index contributed by atoms with van der Waals surface area (Å²) in [4.78, 5) is 26.0. The predicted molar refractivity (Wildman–Crippen MR) is 143 cm³/mol. The van der Waals surface area contributed by atoms with Crippen molar-refractivity contribution in [1.82, 2.24) is 5.32 Å². The molecular formula is C24H29IN2O8S. The zero-order valence-corrected chi connectivity index (χ0v) is 22.9. The normalized spacial score (nSPS) is 26.8. The number of nitrogens with zero attached hydrogens (tertiary/aromatic N) is 1. The summed E-state index contributed by atoms with van der Waals surface area (Å²) in [5.41, 5.74) is 1.83. The second kappa shape index (κ2) is 10.3. The number of halogens is 1. The fourth-order valence-corrected chi connectivity index (χ4v) is 12.5. The van der Waals surface area contributed by atoms with Crippen LogP contribution in [0.3, 0.4) is 0 Å². The minimum atomic E-state index is -2.85. The van der Waals surface area contributed by atoms with Crippen LogP contribution in [-0.4, -0.2) is 71.2 Å². The SMILES string of the molecule is Cc1cc(O)cc(OI2S[C@H](CO)[C@@H](O)[C@H](O)[C@H]2O)c1Cc1ccc(N2C(=O)NC(C)(C)C2=O)cc1. The number of aliphatic hydroxyl groups is 4. The van der Waals surface area contributed by atoms with Gasteiger partial charge in [0.25, 0.3) is 0 Å². The van der Waals surface area contributed by atoms with Crippen LogP contribution in [0.1, 0.15) is 30.5 Å². The van der Waals surface area contributed by atoms with Gasteiger partial charge < -0.3 is 0 Å². The molecule has 10 nitrogen and oxygen atoms in total. The first-order valence-electron chi connectivity index (χ1n) is 11.2. The number of aliphatic hydroxyl groups excluding tert-OH is 4. The molecule has 4 atom stereocenters. The van der Waals surface area contributed by atoms with E-state index in [1.807, 2.05) is 6.92 Å². The van der Waals surface area contributed by atoms with Gasteiger partial charge in [-0.25, -0.2) is 0 Å². The third-order valence-electron chi connectivity index (χ3n) is 6.09. The van der Waals surface area contributed by atoms with Gasteiger partial charge in [0.1, 0.15) is 0 Å². The molecule has 0 spiro atoms. The maximum atomic E-state index is 12.6. The number of urea groups is 1. The number of carbonyl (C=O) groups excluding carboxylic acids is 2. The van der Waals surface area contributed by atoms with E-state index in [0.29, 0.717) is 17.9 Å². The van der Waals surface area contributed by atoms with Gasteiger partial charge >= 0.3 is 219 Å². The van der Waals surface area contributed by atoms with Crippen LogP contribution in [0.25, 0.3) is 0 Å². The Bertz CT molecular complexity index is 1160. The number of amides is 3. The third-order valence-corrected chi connectivity index (χ3v) is 14.7. The average Bonchev–Trinajstić information content (AvgIpc) is 3.03. The summed E-state index contributed by atoms with van der Waals surface area (Å²) in [6.45, 7) is 4.73. The summed E-state index contributed by atoms with van der Waals surface area (Å²) in [6, 6.07) is 9.52. The topological polar surface area (TPSA) is 160 Å². The number of rotatable bonds is 6. The monoisotopic (exact) mass is 632 g/mol. The zero-order valence-electron chi connectivity index (χ0n) is 19.9. The van der Waals surface area contributed by atoms with Crippen LogP contribution in [-0.2, 0) is 11.2 Å². The fourth-order valence-electron chi connectivity index (χ4n) is 4.00. The Morgan fingerprint density at radius 2 is 1.78 bits per heavy atom. The van der Waals surface area contributed by atoms with E-state index in [4.69, 9.17) is 3.07 Å². The van der Waals surface area contributed by atoms with Crippen LogP contribution in [0.2, 0.25) is 0 Å². The number of anilines is 1. The Labute approximate surface area is 218 Å². The van der Waals surface area contributed by atoms with Gasteiger partial charge in [0.2, 0.25) is 0 Å². The van der Waals surface area contributed by atoms with Gasteiger partial charge in [-0.2, -0.15) is 0 Å². The van der Waals surface area contributed by atoms with Crippen molar-refractivity contribution in [1.29, 1.82) is 0 Å². The zero-order chi connectivity index (χ0) is 26.4. The second-order valence-electron chi connectivity index (χ2n) is 9.26. The number of phenols is 1. The van der Waals surface area contributed by atoms with E-state index in [1.165, 1.54) is 6.07 Å². The number of phenolic OH excluding ortho intramolecular Hbond substituents is 1. The van der Waals surface area contributed by atoms with Gasteiger partial charge in [-0.1, -0.05) is 0 Å². The van der Waals surface area contributed by atoms with Crippen LogP contribution in [0.5, 0.6) is 11.5 Å². The number of alkyl halides is 1. The number of carbonyl (C=O) groups is 2. The molecule has 2 fully saturated rings. The third kappa shape index (κ3) is 5.15. The molecule has 0 aromatic heterocycles. The number of benzene rings is 2. The van der Waals surface area contributed by atoms with Crippen LogP contribution in [0.15, 0.2) is 36.4 Å². The van der Waals surface area contributed by atoms with Crippen molar-refractivity contribution < 1.29 is 38.2 Å². The first-order valence-corrected chi connectivity index (χ1v) is 16.8. The number of hydrogen-bond acceptors (Lipinski definition) is 9. The molecule has 196 valence electrons. The molecule has 4 rings (SSSR count). The number of aryl methyl sites for hydroxylation is 1. The molecule has 0 radical (unpaired) electrons. The Morgan fingerprint density at radius 1 is 1.11 bits per heavy atom. The fraction of sp³-hybridized carbons (Fsp3) is 0.417. The van der Waals surface area contributed by atoms with Gasteiger partial charge in [-0.3, -0.25) is 0 Å². The number of aromatic hydroxyl groups is 1. The van der Waals surface area contributed by atoms with E-state index in [9.17, 15) is 35.1 Å². The summed E-state index contributed by atoms with van der Waals surface area (Å²) in [7, 11) is 1.16. The molecule has 3 amide bonds. The molecule has 36 heavy (non-hydrogen) atoms. The van der Waals surface area contributed by atoms with Crippen molar-refractivity contribution in [2.45, 2.75) is 54.3 Å². The van der Waals surface area contributed by atoms with Crippen LogP contribution < -0.4 is 13.3 Å². The summed E-state index contributed by atoms with van der Waals surface area (Å²) < 4.78 is 4.90. The molecule has 0 bridgehead atoms. The molecule has 0 unspecified atom stereocenters. The Balaban J connectivity index is 1.57. The number of hydrogen-bond donors (Lipinski definition) is 6. The van der Waals surface area contributed by atoms with Gasteiger partial charge in [0.05, 0.1) is 0 Å². The molecule has 2 aliphatic rings. The summed E-state index contributed by atoms with van der Waals surface area (Å²) in [6.07, 6.45) is -2.31. The van der Waals surface area contributed by atoms with Crippen molar-refractivity contribution in [3.8, 4) is 11.5 Å². The van der Waals surface area contributed by atoms with E-state index < -0.39 is 52.0 Å². The van der Waals surface area contributed by atoms with Crippen molar-refractivity contribution in [2.24, 2.45) is 0 Å². The Morgan fingerprint density at radius 3 is 2.36 bits per heavy atom. The summed E-state index contributed by atoms with van der Waals surface area (Å²) in [5.74, 6) is -0.00757. The van der Waals surface area contributed by atoms with E-state index in [-0.39, 0.29) is 18.3 Å². The van der Waals surface area contributed by atoms with E-state index in [0.717, 1.165) is 30.5 Å². The minimum absolute atomic E-state index is 0.0190. The molecule has 2 aromatic carbocycles. The molecule has 6 N–H and O–H groups in total. The van der Waals surface area contributed by atoms with Crippen molar-refractivity contribution in [2.75, 3.05) is 11.5 Å². The Kier molecular flexibility index (Phi) is 7.74. The molecule has 12 heteroatoms. The van der Waals surface area contributed by atoms with E-state index in [1.54, 1.807) is 44.2 Å². The molecular weight excluding hydrogens is 603 g/mol. The molecule has 2 aromatic rings. The van der Waals surface area contributed by atoms with Crippen molar-refractivity contribution >= 4 is 45.4 Å². The quantitative estimate of drug-likeness (QED) is 0.159. The number of nitrogens with one attached hydrogen (secondary N) is 1. The van der Waals surface area contributed by atoms with Gasteiger partial charge in [0, 0.05) is 0 Å². The van der Waals surface area contributed by atoms with Gasteiger partial charge in [-0.05, 0) is 0 Å². The van der Waals surface area contributed by atoms with Crippen molar-refractivity contribution in [3.05, 3.63) is 53.1 Å². The average molecular weight is 632 g/mol. The van der Waals surface area contributed by atoms with E-state index in [2.05, 4.69) is 5.32 Å². The van der Waals surface area contributed by atoms with Gasteiger partial charge in [0.15, 0.2) is 0 Å². The molecule has 0 saturated carbocycles. The second-order valence-corrected chi connectivity index (χ2v) is 16.7. The molecule has 0 aliphatic carbocycles. The van der Waals surface area contributed by atoms with Crippen LogP contribution >= 0.6 is 27.8 Å². The van der Waals surface area contributed by atoms with Crippen LogP contribution in [0, 0.1) is 6.92 Å². The number of imide groups is 1. The van der Waals surface area contributed by atoms with Crippen LogP contribution in [0.4, 0.5) is 10.5 Å². The standard InChI is InChI=1S/C24H29IN2O8S/c1-12-8-15(29)10-17(35-25-21(32)20(31)19(30)18(11-28)36-25)16(12)9-13-4-6-14(7-5-13)27-22(33)24(2,3)26-23(27)34/h4-8,10,18-21,28-32H,9,11H2,1-3H3,(H,26,34)/t18-,19-,20+,21-/m1/s1. The molecule has 2 aliphatic heterocycles. The Hall–Kier alpha value is -2.10. The van der Waals surface area contributed by atoms with Crippen molar-refractivity contribution in [3.63, 3.8) is 0 Å². The summed E-state index contributed by atoms with van der Waals surface area (Å²) >= 11 is -2.85. The van der Waals surface area contributed by atoms with E-state index >= 15 is 0 Å².